The molecule has 1 nitrogen and oxygen atoms in total. The lowest BCUT2D eigenvalue weighted by molar-refractivity contribution is 1.26. The van der Waals surface area contributed by atoms with Crippen molar-refractivity contribution in [2.75, 3.05) is 6.54 Å². The largest absolute Gasteiger partial charge is 0.289 e. The Hall–Kier alpha value is -0.850. The lowest BCUT2D eigenvalue weighted by Crippen LogP contribution is -1.66. The molecule has 0 aromatic carbocycles. The van der Waals surface area contributed by atoms with Crippen LogP contribution in [-0.4, -0.2) is 12.8 Å². The van der Waals surface area contributed by atoms with E-state index < -0.39 is 0 Å². The minimum Gasteiger partial charge on any atom is -0.289 e. The molecule has 0 bridgehead atoms. The maximum absolute atomic E-state index is 4.03. The highest BCUT2D eigenvalue weighted by Gasteiger charge is 1.81. The van der Waals surface area contributed by atoms with Gasteiger partial charge in [0.25, 0.3) is 0 Å². The molecule has 8 heavy (non-hydrogen) atoms. The zero-order valence-electron chi connectivity index (χ0n) is 4.96. The summed E-state index contributed by atoms with van der Waals surface area (Å²) in [6.45, 7) is 2.89. The van der Waals surface area contributed by atoms with Crippen LogP contribution < -0.4 is 0 Å². The van der Waals surface area contributed by atoms with Gasteiger partial charge in [0.1, 0.15) is 0 Å². The molecule has 0 aromatic heterocycles. The van der Waals surface area contributed by atoms with Crippen LogP contribution >= 0.6 is 0 Å². The molecule has 0 spiro atoms. The summed E-state index contributed by atoms with van der Waals surface area (Å²) < 4.78 is 0. The molecule has 1 heterocycles. The lowest BCUT2D eigenvalue weighted by Gasteiger charge is -1.79. The highest BCUT2D eigenvalue weighted by Crippen LogP contribution is 1.95. The topological polar surface area (TPSA) is 12.4 Å². The monoisotopic (exact) mass is 107 g/mol. The van der Waals surface area contributed by atoms with Crippen molar-refractivity contribution in [3.05, 3.63) is 23.8 Å². The highest BCUT2D eigenvalue weighted by molar-refractivity contribution is 5.73. The van der Waals surface area contributed by atoms with Crippen LogP contribution in [-0.2, 0) is 0 Å². The fourth-order valence-electron chi connectivity index (χ4n) is 0.586. The molecule has 0 saturated carbocycles. The summed E-state index contributed by atoms with van der Waals surface area (Å²) in [4.78, 5) is 4.03. The molecule has 0 fully saturated rings. The van der Waals surface area contributed by atoms with Gasteiger partial charge < -0.3 is 0 Å². The van der Waals surface area contributed by atoms with E-state index in [0.29, 0.717) is 0 Å². The molecule has 1 aliphatic heterocycles. The number of nitrogens with zero attached hydrogens (tertiary/aromatic N) is 1. The minimum absolute atomic E-state index is 0.827. The van der Waals surface area contributed by atoms with Gasteiger partial charge in [-0.1, -0.05) is 12.2 Å². The molecule has 0 aliphatic carbocycles. The Labute approximate surface area is 49.4 Å². The minimum atomic E-state index is 0.827. The zero-order chi connectivity index (χ0) is 5.82. The van der Waals surface area contributed by atoms with Gasteiger partial charge in [0, 0.05) is 6.21 Å². The van der Waals surface area contributed by atoms with Crippen molar-refractivity contribution in [2.45, 2.75) is 6.92 Å². The number of hydrogen-bond donors (Lipinski definition) is 0. The van der Waals surface area contributed by atoms with Gasteiger partial charge in [-0.15, -0.1) is 0 Å². The Bertz CT molecular complexity index is 152. The standard InChI is InChI=1S/C7H9N/c1-7-3-2-5-8-6-4-7/h2-4,6H,5H2,1H3. The summed E-state index contributed by atoms with van der Waals surface area (Å²) in [6, 6.07) is 0. The first kappa shape index (κ1) is 5.29. The molecule has 42 valence electrons. The maximum Gasteiger partial charge on any atom is 0.0573 e. The molecule has 1 heteroatoms. The van der Waals surface area contributed by atoms with E-state index in [-0.39, 0.29) is 0 Å². The summed E-state index contributed by atoms with van der Waals surface area (Å²) in [6.07, 6.45) is 7.97. The first-order chi connectivity index (χ1) is 3.89. The normalized spacial score (nSPS) is 17.9. The Balaban J connectivity index is 2.73. The third-order valence-electron chi connectivity index (χ3n) is 1.03. The lowest BCUT2D eigenvalue weighted by atomic mass is 10.3. The Morgan fingerprint density at radius 2 is 2.50 bits per heavy atom. The van der Waals surface area contributed by atoms with Crippen LogP contribution in [0, 0.1) is 0 Å². The molecule has 0 aromatic rings. The Morgan fingerprint density at radius 1 is 1.62 bits per heavy atom. The van der Waals surface area contributed by atoms with E-state index in [1.54, 1.807) is 0 Å². The highest BCUT2D eigenvalue weighted by atomic mass is 14.7. The Morgan fingerprint density at radius 3 is 3.38 bits per heavy atom. The predicted molar refractivity (Wildman–Crippen MR) is 36.3 cm³/mol. The van der Waals surface area contributed by atoms with Crippen molar-refractivity contribution in [1.82, 2.24) is 0 Å². The molecule has 0 atom stereocenters. The summed E-state index contributed by atoms with van der Waals surface area (Å²) in [5, 5.41) is 0. The van der Waals surface area contributed by atoms with Crippen molar-refractivity contribution in [3.8, 4) is 0 Å². The van der Waals surface area contributed by atoms with Crippen LogP contribution in [0.5, 0.6) is 0 Å². The first-order valence-electron chi connectivity index (χ1n) is 2.73. The number of hydrogen-bond acceptors (Lipinski definition) is 1. The van der Waals surface area contributed by atoms with Crippen LogP contribution in [0.2, 0.25) is 0 Å². The van der Waals surface area contributed by atoms with Gasteiger partial charge in [0.15, 0.2) is 0 Å². The number of allylic oxidation sites excluding steroid dienone is 3. The number of aliphatic imine (C=N–C) groups is 1. The SMILES string of the molecule is CC1=CC=NCC=C1. The fourth-order valence-corrected chi connectivity index (χ4v) is 0.586. The molecule has 1 aliphatic rings. The van der Waals surface area contributed by atoms with Gasteiger partial charge in [-0.3, -0.25) is 4.99 Å². The van der Waals surface area contributed by atoms with E-state index in [9.17, 15) is 0 Å². The van der Waals surface area contributed by atoms with Crippen molar-refractivity contribution in [3.63, 3.8) is 0 Å². The van der Waals surface area contributed by atoms with Crippen LogP contribution in [0.15, 0.2) is 28.8 Å². The van der Waals surface area contributed by atoms with E-state index in [2.05, 4.69) is 24.1 Å². The third kappa shape index (κ3) is 1.34. The summed E-state index contributed by atoms with van der Waals surface area (Å²) in [7, 11) is 0. The van der Waals surface area contributed by atoms with Crippen molar-refractivity contribution in [1.29, 1.82) is 0 Å². The molecule has 0 amide bonds. The van der Waals surface area contributed by atoms with E-state index in [1.165, 1.54) is 5.57 Å². The van der Waals surface area contributed by atoms with Gasteiger partial charge >= 0.3 is 0 Å². The van der Waals surface area contributed by atoms with Crippen molar-refractivity contribution < 1.29 is 0 Å². The maximum atomic E-state index is 4.03. The predicted octanol–water partition coefficient (Wildman–Crippen LogP) is 1.57. The van der Waals surface area contributed by atoms with Gasteiger partial charge in [-0.25, -0.2) is 0 Å². The first-order valence-corrected chi connectivity index (χ1v) is 2.73. The second kappa shape index (κ2) is 2.46. The van der Waals surface area contributed by atoms with E-state index in [0.717, 1.165) is 6.54 Å². The van der Waals surface area contributed by atoms with Crippen LogP contribution in [0.25, 0.3) is 0 Å². The van der Waals surface area contributed by atoms with Gasteiger partial charge in [0.2, 0.25) is 0 Å². The smallest absolute Gasteiger partial charge is 0.0573 e. The molecule has 0 unspecified atom stereocenters. The Kier molecular flexibility index (Phi) is 1.62. The van der Waals surface area contributed by atoms with Gasteiger partial charge in [0.05, 0.1) is 6.54 Å². The van der Waals surface area contributed by atoms with Crippen molar-refractivity contribution in [2.24, 2.45) is 4.99 Å². The zero-order valence-corrected chi connectivity index (χ0v) is 4.96. The van der Waals surface area contributed by atoms with E-state index in [1.807, 2.05) is 12.3 Å². The van der Waals surface area contributed by atoms with Crippen LogP contribution in [0.1, 0.15) is 6.92 Å². The van der Waals surface area contributed by atoms with E-state index >= 15 is 0 Å². The summed E-state index contributed by atoms with van der Waals surface area (Å²) in [5.74, 6) is 0. The summed E-state index contributed by atoms with van der Waals surface area (Å²) in [5.41, 5.74) is 1.27. The van der Waals surface area contributed by atoms with Gasteiger partial charge in [-0.05, 0) is 18.6 Å². The summed E-state index contributed by atoms with van der Waals surface area (Å²) >= 11 is 0. The molecular formula is C7H9N. The average Bonchev–Trinajstić information content (AvgIpc) is 1.94. The molecule has 1 rings (SSSR count). The quantitative estimate of drug-likeness (QED) is 0.445. The molecule has 0 saturated heterocycles. The fraction of sp³-hybridized carbons (Fsp3) is 0.286. The van der Waals surface area contributed by atoms with Crippen LogP contribution in [0.4, 0.5) is 0 Å². The average molecular weight is 107 g/mol. The molecule has 0 radical (unpaired) electrons. The third-order valence-corrected chi connectivity index (χ3v) is 1.03. The second-order valence-electron chi connectivity index (χ2n) is 1.83. The van der Waals surface area contributed by atoms with Crippen LogP contribution in [0.3, 0.4) is 0 Å². The van der Waals surface area contributed by atoms with E-state index in [4.69, 9.17) is 0 Å². The van der Waals surface area contributed by atoms with Crippen molar-refractivity contribution >= 4 is 6.21 Å². The molecular weight excluding hydrogens is 98.1 g/mol. The molecule has 0 N–H and O–H groups in total. The van der Waals surface area contributed by atoms with Gasteiger partial charge in [-0.2, -0.15) is 0 Å². The number of rotatable bonds is 0. The second-order valence-corrected chi connectivity index (χ2v) is 1.83.